The standard InChI is InChI=1S/C33H39N5O5/c1-32(2,3)43-30(40)35-21-13-20-27(28(39)36-23-25-16-9-5-10-17-25)38-31(41)37(26-18-11-6-12-19-26)29(34)33(38,42)22-24-14-7-4-8-15-24/h4-12,14-19,27,34,42H,13,20-23H2,1-3H3,(H,35,40)(H,36,39)/t27-,33+/m0/s1. The van der Waals surface area contributed by atoms with E-state index in [1.54, 1.807) is 63.2 Å². The van der Waals surface area contributed by atoms with E-state index in [1.807, 2.05) is 48.5 Å². The fourth-order valence-corrected chi connectivity index (χ4v) is 4.99. The van der Waals surface area contributed by atoms with E-state index < -0.39 is 35.4 Å². The summed E-state index contributed by atoms with van der Waals surface area (Å²) in [5.41, 5.74) is -0.825. The first kappa shape index (κ1) is 31.2. The average molecular weight is 586 g/mol. The van der Waals surface area contributed by atoms with Crippen LogP contribution >= 0.6 is 0 Å². The van der Waals surface area contributed by atoms with Crippen LogP contribution in [0.15, 0.2) is 91.0 Å². The summed E-state index contributed by atoms with van der Waals surface area (Å²) in [5, 5.41) is 26.8. The number of benzene rings is 3. The molecule has 3 aromatic carbocycles. The van der Waals surface area contributed by atoms with Crippen molar-refractivity contribution < 1.29 is 24.2 Å². The summed E-state index contributed by atoms with van der Waals surface area (Å²) in [4.78, 5) is 42.4. The van der Waals surface area contributed by atoms with Gasteiger partial charge >= 0.3 is 12.1 Å². The topological polar surface area (TPSA) is 135 Å². The highest BCUT2D eigenvalue weighted by Gasteiger charge is 2.57. The van der Waals surface area contributed by atoms with Gasteiger partial charge in [0, 0.05) is 19.5 Å². The number of ether oxygens (including phenoxy) is 1. The zero-order valence-electron chi connectivity index (χ0n) is 24.7. The van der Waals surface area contributed by atoms with Crippen LogP contribution in [0.1, 0.15) is 44.7 Å². The molecule has 0 bridgehead atoms. The predicted octanol–water partition coefficient (Wildman–Crippen LogP) is 4.83. The molecule has 1 saturated heterocycles. The second-order valence-corrected chi connectivity index (χ2v) is 11.4. The molecule has 1 fully saturated rings. The van der Waals surface area contributed by atoms with E-state index in [0.29, 0.717) is 17.7 Å². The molecule has 0 radical (unpaired) electrons. The summed E-state index contributed by atoms with van der Waals surface area (Å²) in [6.07, 6.45) is -0.283. The van der Waals surface area contributed by atoms with Crippen molar-refractivity contribution in [2.75, 3.05) is 11.4 Å². The van der Waals surface area contributed by atoms with Gasteiger partial charge in [-0.3, -0.25) is 15.1 Å². The van der Waals surface area contributed by atoms with Crippen LogP contribution < -0.4 is 15.5 Å². The molecule has 0 aromatic heterocycles. The molecule has 0 aliphatic carbocycles. The van der Waals surface area contributed by atoms with Gasteiger partial charge in [0.05, 0.1) is 5.69 Å². The van der Waals surface area contributed by atoms with Crippen LogP contribution in [0.2, 0.25) is 0 Å². The van der Waals surface area contributed by atoms with Gasteiger partial charge in [0.25, 0.3) is 0 Å². The monoisotopic (exact) mass is 585 g/mol. The highest BCUT2D eigenvalue weighted by Crippen LogP contribution is 2.36. The number of rotatable bonds is 11. The summed E-state index contributed by atoms with van der Waals surface area (Å²) < 4.78 is 5.30. The molecule has 226 valence electrons. The van der Waals surface area contributed by atoms with Crippen LogP contribution in [0.5, 0.6) is 0 Å². The van der Waals surface area contributed by atoms with E-state index in [0.717, 1.165) is 15.4 Å². The van der Waals surface area contributed by atoms with Crippen LogP contribution in [0.3, 0.4) is 0 Å². The minimum atomic E-state index is -2.12. The molecule has 3 aromatic rings. The fourth-order valence-electron chi connectivity index (χ4n) is 4.99. The third kappa shape index (κ3) is 7.78. The number of carbonyl (C=O) groups excluding carboxylic acids is 3. The van der Waals surface area contributed by atoms with Gasteiger partial charge in [-0.1, -0.05) is 78.9 Å². The van der Waals surface area contributed by atoms with Crippen LogP contribution in [-0.2, 0) is 22.5 Å². The molecule has 1 aliphatic rings. The molecule has 0 unspecified atom stereocenters. The quantitative estimate of drug-likeness (QED) is 0.239. The van der Waals surface area contributed by atoms with Gasteiger partial charge in [0.2, 0.25) is 11.6 Å². The Hall–Kier alpha value is -4.70. The third-order valence-corrected chi connectivity index (χ3v) is 6.95. The lowest BCUT2D eigenvalue weighted by Gasteiger charge is -2.37. The first-order chi connectivity index (χ1) is 20.5. The molecule has 10 nitrogen and oxygen atoms in total. The van der Waals surface area contributed by atoms with E-state index in [2.05, 4.69) is 10.6 Å². The lowest BCUT2D eigenvalue weighted by Crippen LogP contribution is -2.59. The maximum Gasteiger partial charge on any atom is 0.407 e. The number of hydrogen-bond acceptors (Lipinski definition) is 6. The minimum absolute atomic E-state index is 0.0969. The van der Waals surface area contributed by atoms with Crippen molar-refractivity contribution in [3.63, 3.8) is 0 Å². The number of nitrogens with one attached hydrogen (secondary N) is 3. The van der Waals surface area contributed by atoms with Crippen molar-refractivity contribution in [1.29, 1.82) is 5.41 Å². The summed E-state index contributed by atoms with van der Waals surface area (Å²) >= 11 is 0. The van der Waals surface area contributed by atoms with Gasteiger partial charge in [-0.25, -0.2) is 14.5 Å². The Labute approximate surface area is 252 Å². The SMILES string of the molecule is CC(C)(C)OC(=O)NCCC[C@@H](C(=O)NCc1ccccc1)N1C(=O)N(c2ccccc2)C(=N)[C@]1(O)Cc1ccccc1. The third-order valence-electron chi connectivity index (χ3n) is 6.95. The lowest BCUT2D eigenvalue weighted by molar-refractivity contribution is -0.131. The summed E-state index contributed by atoms with van der Waals surface area (Å²) in [6.45, 7) is 5.68. The molecular weight excluding hydrogens is 546 g/mol. The molecule has 43 heavy (non-hydrogen) atoms. The highest BCUT2D eigenvalue weighted by molar-refractivity contribution is 6.24. The number of alkyl carbamates (subject to hydrolysis) is 1. The van der Waals surface area contributed by atoms with Gasteiger partial charge in [0.1, 0.15) is 11.6 Å². The van der Waals surface area contributed by atoms with Crippen molar-refractivity contribution in [1.82, 2.24) is 15.5 Å². The van der Waals surface area contributed by atoms with E-state index in [-0.39, 0.29) is 31.8 Å². The Morgan fingerprint density at radius 3 is 2.05 bits per heavy atom. The molecule has 10 heteroatoms. The van der Waals surface area contributed by atoms with Gasteiger partial charge in [-0.05, 0) is 56.9 Å². The molecule has 1 aliphatic heterocycles. The number of para-hydroxylation sites is 1. The Morgan fingerprint density at radius 2 is 1.47 bits per heavy atom. The Morgan fingerprint density at radius 1 is 0.907 bits per heavy atom. The molecule has 0 saturated carbocycles. The fraction of sp³-hybridized carbons (Fsp3) is 0.333. The second-order valence-electron chi connectivity index (χ2n) is 11.4. The molecule has 4 rings (SSSR count). The summed E-state index contributed by atoms with van der Waals surface area (Å²) in [6, 6.07) is 25.2. The van der Waals surface area contributed by atoms with Crippen molar-refractivity contribution in [2.24, 2.45) is 0 Å². The van der Waals surface area contributed by atoms with E-state index >= 15 is 0 Å². The summed E-state index contributed by atoms with van der Waals surface area (Å²) in [5.74, 6) is -0.830. The van der Waals surface area contributed by atoms with Crippen LogP contribution in [-0.4, -0.2) is 57.8 Å². The maximum absolute atomic E-state index is 14.1. The average Bonchev–Trinajstić information content (AvgIpc) is 3.16. The summed E-state index contributed by atoms with van der Waals surface area (Å²) in [7, 11) is 0. The normalized spacial score (nSPS) is 17.5. The van der Waals surface area contributed by atoms with E-state index in [4.69, 9.17) is 10.1 Å². The number of hydrogen-bond donors (Lipinski definition) is 4. The van der Waals surface area contributed by atoms with Gasteiger partial charge < -0.3 is 20.5 Å². The molecule has 2 atom stereocenters. The largest absolute Gasteiger partial charge is 0.444 e. The number of amidine groups is 1. The number of aliphatic hydroxyl groups is 1. The van der Waals surface area contributed by atoms with Crippen molar-refractivity contribution in [2.45, 2.75) is 63.9 Å². The van der Waals surface area contributed by atoms with E-state index in [1.165, 1.54) is 0 Å². The van der Waals surface area contributed by atoms with Crippen LogP contribution in [0, 0.1) is 5.41 Å². The Balaban J connectivity index is 1.65. The molecular formula is C33H39N5O5. The molecule has 1 heterocycles. The van der Waals surface area contributed by atoms with Gasteiger partial charge in [-0.15, -0.1) is 0 Å². The lowest BCUT2D eigenvalue weighted by atomic mass is 9.97. The molecule has 0 spiro atoms. The first-order valence-corrected chi connectivity index (χ1v) is 14.3. The van der Waals surface area contributed by atoms with Crippen molar-refractivity contribution in [3.8, 4) is 0 Å². The highest BCUT2D eigenvalue weighted by atomic mass is 16.6. The smallest absolute Gasteiger partial charge is 0.407 e. The van der Waals surface area contributed by atoms with Gasteiger partial charge in [-0.2, -0.15) is 0 Å². The number of urea groups is 1. The maximum atomic E-state index is 14.1. The Bertz CT molecular complexity index is 1410. The molecule has 4 N–H and O–H groups in total. The van der Waals surface area contributed by atoms with Gasteiger partial charge in [0.15, 0.2) is 5.84 Å². The van der Waals surface area contributed by atoms with Crippen molar-refractivity contribution >= 4 is 29.6 Å². The predicted molar refractivity (Wildman–Crippen MR) is 165 cm³/mol. The number of amides is 4. The van der Waals surface area contributed by atoms with E-state index in [9.17, 15) is 19.5 Å². The van der Waals surface area contributed by atoms with Crippen LogP contribution in [0.25, 0.3) is 0 Å². The zero-order chi connectivity index (χ0) is 31.0. The molecule has 4 amide bonds. The van der Waals surface area contributed by atoms with Crippen LogP contribution in [0.4, 0.5) is 15.3 Å². The second kappa shape index (κ2) is 13.5. The Kier molecular flexibility index (Phi) is 9.82. The number of anilines is 1. The number of carbonyl (C=O) groups is 3. The zero-order valence-corrected chi connectivity index (χ0v) is 24.7. The minimum Gasteiger partial charge on any atom is -0.444 e. The van der Waals surface area contributed by atoms with Crippen molar-refractivity contribution in [3.05, 3.63) is 102 Å². The first-order valence-electron chi connectivity index (χ1n) is 14.3. The number of nitrogens with zero attached hydrogens (tertiary/aromatic N) is 2.